The minimum Gasteiger partial charge on any atom is -0.391 e. The van der Waals surface area contributed by atoms with Crippen LogP contribution in [-0.4, -0.2) is 35.2 Å². The van der Waals surface area contributed by atoms with E-state index in [9.17, 15) is 14.3 Å². The maximum absolute atomic E-state index is 12.8. The van der Waals surface area contributed by atoms with Crippen molar-refractivity contribution in [3.63, 3.8) is 0 Å². The Morgan fingerprint density at radius 2 is 2.06 bits per heavy atom. The number of hydrogen-bond donors (Lipinski definition) is 1. The Labute approximate surface area is 99.2 Å². The standard InChI is InChI=1S/C12H15FN2O2/c1-9(16)8-15-12(17)6-7-14(15)11-4-2-10(13)3-5-11/h2-5,9,16H,6-8H2,1H3. The largest absolute Gasteiger partial charge is 0.391 e. The molecule has 0 radical (unpaired) electrons. The molecule has 0 aliphatic carbocycles. The van der Waals surface area contributed by atoms with E-state index in [1.54, 1.807) is 24.1 Å². The molecule has 5 heteroatoms. The number of amides is 1. The molecule has 2 rings (SSSR count). The number of carbonyl (C=O) groups is 1. The fourth-order valence-corrected chi connectivity index (χ4v) is 1.92. The van der Waals surface area contributed by atoms with E-state index in [0.29, 0.717) is 13.0 Å². The Morgan fingerprint density at radius 1 is 1.41 bits per heavy atom. The van der Waals surface area contributed by atoms with Crippen molar-refractivity contribution in [1.82, 2.24) is 5.01 Å². The zero-order valence-electron chi connectivity index (χ0n) is 9.64. The summed E-state index contributed by atoms with van der Waals surface area (Å²) in [7, 11) is 0. The first kappa shape index (κ1) is 11.9. The van der Waals surface area contributed by atoms with Crippen molar-refractivity contribution in [1.29, 1.82) is 0 Å². The molecule has 1 aromatic rings. The fourth-order valence-electron chi connectivity index (χ4n) is 1.92. The van der Waals surface area contributed by atoms with E-state index >= 15 is 0 Å². The second kappa shape index (κ2) is 4.71. The van der Waals surface area contributed by atoms with Gasteiger partial charge < -0.3 is 5.11 Å². The molecule has 0 bridgehead atoms. The number of benzene rings is 1. The van der Waals surface area contributed by atoms with Crippen molar-refractivity contribution in [3.8, 4) is 0 Å². The van der Waals surface area contributed by atoms with Crippen LogP contribution in [0.25, 0.3) is 0 Å². The topological polar surface area (TPSA) is 43.8 Å². The van der Waals surface area contributed by atoms with Crippen molar-refractivity contribution >= 4 is 11.6 Å². The molecule has 92 valence electrons. The molecule has 1 heterocycles. The van der Waals surface area contributed by atoms with E-state index in [2.05, 4.69) is 0 Å². The van der Waals surface area contributed by atoms with E-state index in [0.717, 1.165) is 5.69 Å². The van der Waals surface area contributed by atoms with Crippen LogP contribution >= 0.6 is 0 Å². The highest BCUT2D eigenvalue weighted by Gasteiger charge is 2.29. The molecule has 0 spiro atoms. The number of anilines is 1. The van der Waals surface area contributed by atoms with Gasteiger partial charge in [0.1, 0.15) is 5.82 Å². The highest BCUT2D eigenvalue weighted by atomic mass is 19.1. The van der Waals surface area contributed by atoms with Crippen LogP contribution in [0.1, 0.15) is 13.3 Å². The van der Waals surface area contributed by atoms with E-state index in [-0.39, 0.29) is 18.3 Å². The SMILES string of the molecule is CC(O)CN1C(=O)CCN1c1ccc(F)cc1. The van der Waals surface area contributed by atoms with Gasteiger partial charge in [-0.25, -0.2) is 4.39 Å². The number of halogens is 1. The lowest BCUT2D eigenvalue weighted by atomic mass is 10.3. The first-order valence-electron chi connectivity index (χ1n) is 5.59. The molecule has 1 unspecified atom stereocenters. The van der Waals surface area contributed by atoms with Crippen molar-refractivity contribution in [3.05, 3.63) is 30.1 Å². The third kappa shape index (κ3) is 2.55. The zero-order chi connectivity index (χ0) is 12.4. The second-order valence-electron chi connectivity index (χ2n) is 4.17. The van der Waals surface area contributed by atoms with Gasteiger partial charge in [0.05, 0.1) is 18.3 Å². The second-order valence-corrected chi connectivity index (χ2v) is 4.17. The summed E-state index contributed by atoms with van der Waals surface area (Å²) in [6.07, 6.45) is -0.163. The van der Waals surface area contributed by atoms with Crippen LogP contribution in [-0.2, 0) is 4.79 Å². The average molecular weight is 238 g/mol. The van der Waals surface area contributed by atoms with E-state index in [1.165, 1.54) is 17.1 Å². The summed E-state index contributed by atoms with van der Waals surface area (Å²) in [4.78, 5) is 11.7. The molecule has 17 heavy (non-hydrogen) atoms. The van der Waals surface area contributed by atoms with Crippen LogP contribution in [0.5, 0.6) is 0 Å². The molecular weight excluding hydrogens is 223 g/mol. The van der Waals surface area contributed by atoms with Crippen molar-refractivity contribution in [2.45, 2.75) is 19.4 Å². The lowest BCUT2D eigenvalue weighted by Crippen LogP contribution is -2.43. The normalized spacial score (nSPS) is 17.7. The van der Waals surface area contributed by atoms with Crippen molar-refractivity contribution < 1.29 is 14.3 Å². The smallest absolute Gasteiger partial charge is 0.243 e. The van der Waals surface area contributed by atoms with Crippen LogP contribution in [0.2, 0.25) is 0 Å². The first-order chi connectivity index (χ1) is 8.08. The molecule has 1 aromatic carbocycles. The Morgan fingerprint density at radius 3 is 2.65 bits per heavy atom. The molecule has 1 N–H and O–H groups in total. The van der Waals surface area contributed by atoms with Gasteiger partial charge in [0.15, 0.2) is 0 Å². The highest BCUT2D eigenvalue weighted by Crippen LogP contribution is 2.22. The Bertz CT molecular complexity index is 405. The number of nitrogens with zero attached hydrogens (tertiary/aromatic N) is 2. The summed E-state index contributed by atoms with van der Waals surface area (Å²) in [5.41, 5.74) is 0.762. The average Bonchev–Trinajstić information content (AvgIpc) is 2.61. The van der Waals surface area contributed by atoms with Gasteiger partial charge in [0.25, 0.3) is 0 Å². The monoisotopic (exact) mass is 238 g/mol. The quantitative estimate of drug-likeness (QED) is 0.859. The van der Waals surface area contributed by atoms with Gasteiger partial charge in [-0.2, -0.15) is 0 Å². The lowest BCUT2D eigenvalue weighted by molar-refractivity contribution is -0.129. The number of rotatable bonds is 3. The Hall–Kier alpha value is -1.62. The van der Waals surface area contributed by atoms with Crippen LogP contribution < -0.4 is 5.01 Å². The van der Waals surface area contributed by atoms with Gasteiger partial charge in [-0.3, -0.25) is 14.8 Å². The van der Waals surface area contributed by atoms with E-state index in [4.69, 9.17) is 0 Å². The number of aliphatic hydroxyl groups excluding tert-OH is 1. The van der Waals surface area contributed by atoms with Crippen LogP contribution in [0.4, 0.5) is 10.1 Å². The Kier molecular flexibility index (Phi) is 3.28. The molecule has 1 saturated heterocycles. The van der Waals surface area contributed by atoms with Gasteiger partial charge in [0, 0.05) is 13.0 Å². The van der Waals surface area contributed by atoms with E-state index in [1.807, 2.05) is 0 Å². The molecule has 4 nitrogen and oxygen atoms in total. The minimum absolute atomic E-state index is 0.0183. The molecule has 1 amide bonds. The molecule has 1 fully saturated rings. The first-order valence-corrected chi connectivity index (χ1v) is 5.59. The van der Waals surface area contributed by atoms with Crippen LogP contribution in [0, 0.1) is 5.82 Å². The molecule has 1 atom stereocenters. The van der Waals surface area contributed by atoms with Crippen molar-refractivity contribution in [2.75, 3.05) is 18.1 Å². The summed E-state index contributed by atoms with van der Waals surface area (Å²) in [5, 5.41) is 12.6. The minimum atomic E-state index is -0.583. The van der Waals surface area contributed by atoms with E-state index < -0.39 is 6.10 Å². The van der Waals surface area contributed by atoms with Gasteiger partial charge >= 0.3 is 0 Å². The number of hydrazine groups is 1. The van der Waals surface area contributed by atoms with Gasteiger partial charge in [-0.05, 0) is 31.2 Å². The predicted octanol–water partition coefficient (Wildman–Crippen LogP) is 1.16. The third-order valence-electron chi connectivity index (χ3n) is 2.68. The number of β-amino-alcohol motifs (C(OH)–C–C–N with tert-alkyl or cyclic N) is 1. The lowest BCUT2D eigenvalue weighted by Gasteiger charge is -2.30. The maximum atomic E-state index is 12.8. The maximum Gasteiger partial charge on any atom is 0.243 e. The number of carbonyl (C=O) groups excluding carboxylic acids is 1. The summed E-state index contributed by atoms with van der Waals surface area (Å²) in [5.74, 6) is -0.323. The molecule has 0 aromatic heterocycles. The van der Waals surface area contributed by atoms with Crippen LogP contribution in [0.3, 0.4) is 0 Å². The summed E-state index contributed by atoms with van der Waals surface area (Å²) in [6.45, 7) is 2.46. The predicted molar refractivity (Wildman–Crippen MR) is 61.8 cm³/mol. The van der Waals surface area contributed by atoms with Gasteiger partial charge in [0.2, 0.25) is 5.91 Å². The molecular formula is C12H15FN2O2. The van der Waals surface area contributed by atoms with Gasteiger partial charge in [-0.1, -0.05) is 0 Å². The molecule has 1 aliphatic rings. The summed E-state index contributed by atoms with van der Waals surface area (Å²) < 4.78 is 12.8. The molecule has 1 aliphatic heterocycles. The number of aliphatic hydroxyl groups is 1. The Balaban J connectivity index is 2.19. The summed E-state index contributed by atoms with van der Waals surface area (Å²) in [6, 6.07) is 5.98. The number of hydrogen-bond acceptors (Lipinski definition) is 3. The highest BCUT2D eigenvalue weighted by molar-refractivity contribution is 5.81. The fraction of sp³-hybridized carbons (Fsp3) is 0.417. The molecule has 0 saturated carbocycles. The van der Waals surface area contributed by atoms with Crippen molar-refractivity contribution in [2.24, 2.45) is 0 Å². The summed E-state index contributed by atoms with van der Waals surface area (Å²) >= 11 is 0. The van der Waals surface area contributed by atoms with Gasteiger partial charge in [-0.15, -0.1) is 0 Å². The third-order valence-corrected chi connectivity index (χ3v) is 2.68. The van der Waals surface area contributed by atoms with Crippen LogP contribution in [0.15, 0.2) is 24.3 Å². The zero-order valence-corrected chi connectivity index (χ0v) is 9.64.